The van der Waals surface area contributed by atoms with E-state index in [-0.39, 0.29) is 24.2 Å². The van der Waals surface area contributed by atoms with E-state index in [1.807, 2.05) is 42.6 Å². The summed E-state index contributed by atoms with van der Waals surface area (Å²) in [7, 11) is 0. The molecular weight excluding hydrogens is 438 g/mol. The van der Waals surface area contributed by atoms with Crippen molar-refractivity contribution in [2.24, 2.45) is 0 Å². The van der Waals surface area contributed by atoms with Crippen LogP contribution in [0.5, 0.6) is 0 Å². The van der Waals surface area contributed by atoms with E-state index in [9.17, 15) is 14.4 Å². The number of ether oxygens (including phenoxy) is 1. The molecule has 0 aliphatic carbocycles. The molecule has 1 saturated heterocycles. The number of pyridine rings is 1. The third-order valence-electron chi connectivity index (χ3n) is 6.07. The van der Waals surface area contributed by atoms with Gasteiger partial charge in [0.25, 0.3) is 11.8 Å². The van der Waals surface area contributed by atoms with Crippen LogP contribution in [0.3, 0.4) is 0 Å². The van der Waals surface area contributed by atoms with Crippen molar-refractivity contribution in [2.45, 2.75) is 38.6 Å². The van der Waals surface area contributed by atoms with Crippen LogP contribution in [-0.2, 0) is 14.3 Å². The first-order chi connectivity index (χ1) is 16.0. The summed E-state index contributed by atoms with van der Waals surface area (Å²) in [5, 5.41) is 2.77. The Morgan fingerprint density at radius 1 is 1.18 bits per heavy atom. The Bertz CT molecular complexity index is 1160. The molecular formula is C25H27N3O4S. The number of carbonyl (C=O) groups is 3. The fraction of sp³-hybridized carbons (Fsp3) is 0.360. The van der Waals surface area contributed by atoms with Crippen LogP contribution >= 0.6 is 11.3 Å². The Labute approximate surface area is 197 Å². The molecule has 1 aromatic carbocycles. The van der Waals surface area contributed by atoms with Crippen molar-refractivity contribution >= 4 is 45.0 Å². The minimum atomic E-state index is -0.971. The third-order valence-corrected chi connectivity index (χ3v) is 7.04. The van der Waals surface area contributed by atoms with Crippen molar-refractivity contribution in [2.75, 3.05) is 24.6 Å². The first-order valence-electron chi connectivity index (χ1n) is 11.1. The average molecular weight is 466 g/mol. The van der Waals surface area contributed by atoms with Crippen molar-refractivity contribution < 1.29 is 19.1 Å². The summed E-state index contributed by atoms with van der Waals surface area (Å²) < 4.78 is 6.05. The second kappa shape index (κ2) is 9.70. The van der Waals surface area contributed by atoms with E-state index in [0.29, 0.717) is 43.9 Å². The zero-order chi connectivity index (χ0) is 23.4. The molecule has 0 radical (unpaired) electrons. The summed E-state index contributed by atoms with van der Waals surface area (Å²) in [5.74, 6) is -0.110. The van der Waals surface area contributed by atoms with E-state index in [0.717, 1.165) is 10.1 Å². The Kier molecular flexibility index (Phi) is 6.74. The minimum absolute atomic E-state index is 0.137. The topological polar surface area (TPSA) is 79.8 Å². The lowest BCUT2D eigenvalue weighted by Gasteiger charge is -2.50. The highest BCUT2D eigenvalue weighted by Crippen LogP contribution is 2.37. The summed E-state index contributed by atoms with van der Waals surface area (Å²) >= 11 is 1.53. The van der Waals surface area contributed by atoms with E-state index in [4.69, 9.17) is 4.74 Å². The van der Waals surface area contributed by atoms with Crippen LogP contribution in [0.25, 0.3) is 10.1 Å². The number of aromatic nitrogens is 1. The van der Waals surface area contributed by atoms with Gasteiger partial charge in [0, 0.05) is 41.2 Å². The zero-order valence-corrected chi connectivity index (χ0v) is 19.6. The molecule has 0 spiro atoms. The number of carbonyl (C=O) groups excluding carboxylic acids is 3. The second-order valence-corrected chi connectivity index (χ2v) is 9.09. The molecule has 3 aromatic rings. The summed E-state index contributed by atoms with van der Waals surface area (Å²) in [6.07, 6.45) is 2.86. The maximum absolute atomic E-state index is 13.8. The van der Waals surface area contributed by atoms with Gasteiger partial charge in [0.05, 0.1) is 12.2 Å². The molecule has 7 nitrogen and oxygen atoms in total. The number of thiophene rings is 1. The summed E-state index contributed by atoms with van der Waals surface area (Å²) in [5.41, 5.74) is -0.345. The van der Waals surface area contributed by atoms with Gasteiger partial charge in [-0.15, -0.1) is 11.3 Å². The molecule has 1 aliphatic heterocycles. The fourth-order valence-corrected chi connectivity index (χ4v) is 5.07. The van der Waals surface area contributed by atoms with Gasteiger partial charge in [-0.1, -0.05) is 24.3 Å². The summed E-state index contributed by atoms with van der Waals surface area (Å²) in [6.45, 7) is 4.74. The van der Waals surface area contributed by atoms with Crippen molar-refractivity contribution in [3.63, 3.8) is 0 Å². The Morgan fingerprint density at radius 2 is 1.97 bits per heavy atom. The van der Waals surface area contributed by atoms with Crippen molar-refractivity contribution in [3.8, 4) is 0 Å². The van der Waals surface area contributed by atoms with Crippen molar-refractivity contribution in [1.29, 1.82) is 0 Å². The molecule has 1 atom stereocenters. The quantitative estimate of drug-likeness (QED) is 0.464. The van der Waals surface area contributed by atoms with Crippen LogP contribution in [0.1, 0.15) is 43.5 Å². The molecule has 1 aliphatic rings. The Balaban J connectivity index is 1.55. The third kappa shape index (κ3) is 4.48. The minimum Gasteiger partial charge on any atom is -0.466 e. The normalized spacial score (nSPS) is 17.5. The van der Waals surface area contributed by atoms with Gasteiger partial charge in [0.2, 0.25) is 0 Å². The van der Waals surface area contributed by atoms with Gasteiger partial charge in [-0.3, -0.25) is 19.3 Å². The number of likely N-dealkylation sites (tertiary alicyclic amines) is 1. The molecule has 2 aromatic heterocycles. The Morgan fingerprint density at radius 3 is 2.67 bits per heavy atom. The largest absolute Gasteiger partial charge is 0.466 e. The molecule has 0 bridgehead atoms. The predicted molar refractivity (Wildman–Crippen MR) is 128 cm³/mol. The van der Waals surface area contributed by atoms with Gasteiger partial charge >= 0.3 is 5.97 Å². The molecule has 1 fully saturated rings. The molecule has 0 saturated carbocycles. The van der Waals surface area contributed by atoms with Crippen molar-refractivity contribution in [3.05, 3.63) is 59.6 Å². The van der Waals surface area contributed by atoms with E-state index in [1.165, 1.54) is 11.3 Å². The van der Waals surface area contributed by atoms with Gasteiger partial charge in [-0.25, -0.2) is 4.98 Å². The van der Waals surface area contributed by atoms with Gasteiger partial charge in [-0.2, -0.15) is 0 Å². The van der Waals surface area contributed by atoms with Crippen LogP contribution in [0.15, 0.2) is 54.0 Å². The maximum Gasteiger partial charge on any atom is 0.305 e. The molecule has 0 N–H and O–H groups in total. The second-order valence-electron chi connectivity index (χ2n) is 8.18. The molecule has 2 amide bonds. The lowest BCUT2D eigenvalue weighted by molar-refractivity contribution is -0.143. The van der Waals surface area contributed by atoms with Gasteiger partial charge in [-0.05, 0) is 44.9 Å². The highest BCUT2D eigenvalue weighted by molar-refractivity contribution is 7.17. The monoisotopic (exact) mass is 465 g/mol. The zero-order valence-electron chi connectivity index (χ0n) is 18.8. The van der Waals surface area contributed by atoms with Gasteiger partial charge in [0.1, 0.15) is 11.4 Å². The summed E-state index contributed by atoms with van der Waals surface area (Å²) in [4.78, 5) is 46.6. The van der Waals surface area contributed by atoms with E-state index < -0.39 is 5.54 Å². The average Bonchev–Trinajstić information content (AvgIpc) is 3.25. The Hall–Kier alpha value is -3.26. The standard InChI is InChI=1S/C25H27N3O4S/c1-3-32-22(29)12-8-15-27(21-11-6-7-14-26-21)24(31)25(2)13-16-28(25)23(30)19-17-33-20-10-5-4-9-18(19)20/h4-7,9-11,14,17H,3,8,12-13,15-16H2,1-2H3. The summed E-state index contributed by atoms with van der Waals surface area (Å²) in [6, 6.07) is 13.2. The highest BCUT2D eigenvalue weighted by atomic mass is 32.1. The number of nitrogens with zero attached hydrogens (tertiary/aromatic N) is 3. The smallest absolute Gasteiger partial charge is 0.305 e. The molecule has 3 heterocycles. The van der Waals surface area contributed by atoms with Crippen LogP contribution in [-0.4, -0.2) is 52.9 Å². The van der Waals surface area contributed by atoms with Crippen molar-refractivity contribution in [1.82, 2.24) is 9.88 Å². The number of amides is 2. The molecule has 4 rings (SSSR count). The number of hydrogen-bond acceptors (Lipinski definition) is 6. The predicted octanol–water partition coefficient (Wildman–Crippen LogP) is 4.28. The SMILES string of the molecule is CCOC(=O)CCCN(C(=O)C1(C)CCN1C(=O)c1csc2ccccc12)c1ccccn1. The molecule has 172 valence electrons. The van der Waals surface area contributed by atoms with Gasteiger partial charge < -0.3 is 9.64 Å². The lowest BCUT2D eigenvalue weighted by Crippen LogP contribution is -2.68. The number of fused-ring (bicyclic) bond motifs is 1. The molecule has 33 heavy (non-hydrogen) atoms. The lowest BCUT2D eigenvalue weighted by atomic mass is 9.84. The number of esters is 1. The molecule has 1 unspecified atom stereocenters. The van der Waals surface area contributed by atoms with E-state index in [1.54, 1.807) is 35.1 Å². The molecule has 8 heteroatoms. The number of anilines is 1. The number of rotatable bonds is 8. The van der Waals surface area contributed by atoms with E-state index in [2.05, 4.69) is 4.98 Å². The van der Waals surface area contributed by atoms with E-state index >= 15 is 0 Å². The van der Waals surface area contributed by atoms with Crippen LogP contribution < -0.4 is 4.90 Å². The first kappa shape index (κ1) is 22.9. The van der Waals surface area contributed by atoms with Crippen LogP contribution in [0, 0.1) is 0 Å². The number of benzene rings is 1. The van der Waals surface area contributed by atoms with Crippen LogP contribution in [0.2, 0.25) is 0 Å². The van der Waals surface area contributed by atoms with Crippen LogP contribution in [0.4, 0.5) is 5.82 Å². The first-order valence-corrected chi connectivity index (χ1v) is 12.0. The highest BCUT2D eigenvalue weighted by Gasteiger charge is 2.51. The fourth-order valence-electron chi connectivity index (χ4n) is 4.13. The number of hydrogen-bond donors (Lipinski definition) is 0. The van der Waals surface area contributed by atoms with Gasteiger partial charge in [0.15, 0.2) is 0 Å². The maximum atomic E-state index is 13.8.